The molecule has 3 rings (SSSR count). The lowest BCUT2D eigenvalue weighted by atomic mass is 10.2. The Morgan fingerprint density at radius 3 is 2.43 bits per heavy atom. The van der Waals surface area contributed by atoms with Crippen LogP contribution in [-0.2, 0) is 6.54 Å². The molecule has 0 amide bonds. The standard InChI is InChI=1S/C12H7Cl2F2N5/c13-9-8-10(14)20-21(11(8)19-12(17)18-9)4-5-6(15)2-1-3-7(5)16/h1-3H,4H2,(H2,17,18,19). The van der Waals surface area contributed by atoms with Gasteiger partial charge in [-0.1, -0.05) is 29.3 Å². The Bertz CT molecular complexity index is 829. The molecule has 0 unspecified atom stereocenters. The van der Waals surface area contributed by atoms with Crippen molar-refractivity contribution in [3.05, 3.63) is 45.7 Å². The van der Waals surface area contributed by atoms with Crippen LogP contribution >= 0.6 is 23.2 Å². The average Bonchev–Trinajstić information content (AvgIpc) is 2.70. The van der Waals surface area contributed by atoms with Gasteiger partial charge in [-0.25, -0.2) is 18.4 Å². The van der Waals surface area contributed by atoms with E-state index in [4.69, 9.17) is 28.9 Å². The van der Waals surface area contributed by atoms with Crippen molar-refractivity contribution in [2.24, 2.45) is 0 Å². The molecule has 0 saturated heterocycles. The summed E-state index contributed by atoms with van der Waals surface area (Å²) in [6, 6.07) is 3.59. The zero-order valence-corrected chi connectivity index (χ0v) is 11.8. The minimum absolute atomic E-state index is 0.0303. The highest BCUT2D eigenvalue weighted by Crippen LogP contribution is 2.29. The summed E-state index contributed by atoms with van der Waals surface area (Å²) >= 11 is 11.9. The summed E-state index contributed by atoms with van der Waals surface area (Å²) in [5.74, 6) is -1.47. The smallest absolute Gasteiger partial charge is 0.223 e. The Balaban J connectivity index is 2.18. The van der Waals surface area contributed by atoms with E-state index in [1.165, 1.54) is 10.7 Å². The van der Waals surface area contributed by atoms with Gasteiger partial charge in [0, 0.05) is 5.56 Å². The van der Waals surface area contributed by atoms with Gasteiger partial charge in [0.15, 0.2) is 10.8 Å². The predicted molar refractivity (Wildman–Crippen MR) is 75.2 cm³/mol. The van der Waals surface area contributed by atoms with Crippen LogP contribution < -0.4 is 5.73 Å². The fourth-order valence-corrected chi connectivity index (χ4v) is 2.52. The van der Waals surface area contributed by atoms with Gasteiger partial charge in [0.05, 0.1) is 11.9 Å². The predicted octanol–water partition coefficient (Wildman–Crippen LogP) is 3.04. The average molecular weight is 330 g/mol. The lowest BCUT2D eigenvalue weighted by Gasteiger charge is -2.06. The Morgan fingerprint density at radius 1 is 1.10 bits per heavy atom. The van der Waals surface area contributed by atoms with Crippen molar-refractivity contribution < 1.29 is 8.78 Å². The monoisotopic (exact) mass is 329 g/mol. The number of aromatic nitrogens is 4. The van der Waals surface area contributed by atoms with Crippen molar-refractivity contribution in [2.75, 3.05) is 5.73 Å². The molecule has 2 N–H and O–H groups in total. The van der Waals surface area contributed by atoms with Crippen molar-refractivity contribution in [3.63, 3.8) is 0 Å². The van der Waals surface area contributed by atoms with Crippen molar-refractivity contribution in [2.45, 2.75) is 6.54 Å². The van der Waals surface area contributed by atoms with Crippen LogP contribution in [0, 0.1) is 11.6 Å². The molecule has 2 heterocycles. The number of halogens is 4. The second-order valence-electron chi connectivity index (χ2n) is 4.22. The molecule has 0 aliphatic rings. The molecule has 5 nitrogen and oxygen atoms in total. The van der Waals surface area contributed by atoms with E-state index in [2.05, 4.69) is 15.1 Å². The maximum atomic E-state index is 13.7. The molecule has 0 aliphatic carbocycles. The summed E-state index contributed by atoms with van der Waals surface area (Å²) in [5, 5.41) is 4.32. The lowest BCUT2D eigenvalue weighted by Crippen LogP contribution is -2.07. The molecule has 0 aliphatic heterocycles. The van der Waals surface area contributed by atoms with Crippen LogP contribution in [0.25, 0.3) is 11.0 Å². The molecular weight excluding hydrogens is 323 g/mol. The molecule has 0 bridgehead atoms. The van der Waals surface area contributed by atoms with Gasteiger partial charge < -0.3 is 5.73 Å². The first-order valence-corrected chi connectivity index (χ1v) is 6.51. The number of fused-ring (bicyclic) bond motifs is 1. The van der Waals surface area contributed by atoms with E-state index in [-0.39, 0.29) is 39.4 Å². The second-order valence-corrected chi connectivity index (χ2v) is 4.94. The molecule has 0 atom stereocenters. The van der Waals surface area contributed by atoms with Crippen LogP contribution in [0.5, 0.6) is 0 Å². The molecule has 2 aromatic heterocycles. The number of nitrogens with two attached hydrogens (primary N) is 1. The van der Waals surface area contributed by atoms with E-state index in [1.807, 2.05) is 0 Å². The van der Waals surface area contributed by atoms with Crippen LogP contribution in [0.15, 0.2) is 18.2 Å². The summed E-state index contributed by atoms with van der Waals surface area (Å²) < 4.78 is 28.6. The molecular formula is C12H7Cl2F2N5. The molecule has 3 aromatic rings. The largest absolute Gasteiger partial charge is 0.368 e. The van der Waals surface area contributed by atoms with Crippen molar-refractivity contribution >= 4 is 40.2 Å². The normalized spacial score (nSPS) is 11.2. The molecule has 0 spiro atoms. The van der Waals surface area contributed by atoms with E-state index in [9.17, 15) is 8.78 Å². The van der Waals surface area contributed by atoms with E-state index in [1.54, 1.807) is 0 Å². The lowest BCUT2D eigenvalue weighted by molar-refractivity contribution is 0.536. The highest BCUT2D eigenvalue weighted by Gasteiger charge is 2.18. The summed E-state index contributed by atoms with van der Waals surface area (Å²) in [5.41, 5.74) is 5.57. The fourth-order valence-electron chi connectivity index (χ4n) is 1.95. The number of hydrogen-bond donors (Lipinski definition) is 1. The molecule has 21 heavy (non-hydrogen) atoms. The van der Waals surface area contributed by atoms with E-state index in [0.29, 0.717) is 0 Å². The van der Waals surface area contributed by atoms with Crippen LogP contribution in [0.4, 0.5) is 14.7 Å². The fraction of sp³-hybridized carbons (Fsp3) is 0.0833. The third kappa shape index (κ3) is 2.38. The van der Waals surface area contributed by atoms with E-state index < -0.39 is 11.6 Å². The molecule has 0 saturated carbocycles. The first kappa shape index (κ1) is 14.0. The molecule has 0 radical (unpaired) electrons. The SMILES string of the molecule is Nc1nc(Cl)c2c(Cl)nn(Cc3c(F)cccc3F)c2n1. The number of rotatable bonds is 2. The molecule has 0 fully saturated rings. The molecule has 9 heteroatoms. The Morgan fingerprint density at radius 2 is 1.76 bits per heavy atom. The Labute approximate surface area is 127 Å². The van der Waals surface area contributed by atoms with Crippen LogP contribution in [0.1, 0.15) is 5.56 Å². The van der Waals surface area contributed by atoms with Gasteiger partial charge in [0.2, 0.25) is 5.95 Å². The first-order valence-electron chi connectivity index (χ1n) is 5.75. The van der Waals surface area contributed by atoms with Gasteiger partial charge >= 0.3 is 0 Å². The summed E-state index contributed by atoms with van der Waals surface area (Å²) in [7, 11) is 0. The number of benzene rings is 1. The number of anilines is 1. The third-order valence-electron chi connectivity index (χ3n) is 2.89. The highest BCUT2D eigenvalue weighted by atomic mass is 35.5. The Hall–Kier alpha value is -1.99. The van der Waals surface area contributed by atoms with E-state index >= 15 is 0 Å². The van der Waals surface area contributed by atoms with Crippen LogP contribution in [-0.4, -0.2) is 19.7 Å². The van der Waals surface area contributed by atoms with Gasteiger partial charge in [-0.15, -0.1) is 0 Å². The number of nitrogen functional groups attached to an aromatic ring is 1. The van der Waals surface area contributed by atoms with Crippen molar-refractivity contribution in [1.82, 2.24) is 19.7 Å². The van der Waals surface area contributed by atoms with Gasteiger partial charge in [-0.05, 0) is 12.1 Å². The van der Waals surface area contributed by atoms with Gasteiger partial charge in [-0.3, -0.25) is 0 Å². The summed E-state index contributed by atoms with van der Waals surface area (Å²) in [6.07, 6.45) is 0. The topological polar surface area (TPSA) is 69.6 Å². The summed E-state index contributed by atoms with van der Waals surface area (Å²) in [6.45, 7) is -0.200. The highest BCUT2D eigenvalue weighted by molar-refractivity contribution is 6.40. The van der Waals surface area contributed by atoms with Gasteiger partial charge in [0.25, 0.3) is 0 Å². The molecule has 1 aromatic carbocycles. The third-order valence-corrected chi connectivity index (χ3v) is 3.43. The number of nitrogens with zero attached hydrogens (tertiary/aromatic N) is 4. The van der Waals surface area contributed by atoms with E-state index in [0.717, 1.165) is 12.1 Å². The van der Waals surface area contributed by atoms with Crippen LogP contribution in [0.2, 0.25) is 10.3 Å². The minimum Gasteiger partial charge on any atom is -0.368 e. The van der Waals surface area contributed by atoms with Gasteiger partial charge in [-0.2, -0.15) is 10.1 Å². The quantitative estimate of drug-likeness (QED) is 0.733. The zero-order valence-electron chi connectivity index (χ0n) is 10.3. The minimum atomic E-state index is -0.692. The maximum absolute atomic E-state index is 13.7. The van der Waals surface area contributed by atoms with Gasteiger partial charge in [0.1, 0.15) is 16.8 Å². The maximum Gasteiger partial charge on any atom is 0.223 e. The first-order chi connectivity index (χ1) is 9.97. The van der Waals surface area contributed by atoms with Crippen LogP contribution in [0.3, 0.4) is 0 Å². The molecule has 108 valence electrons. The summed E-state index contributed by atoms with van der Waals surface area (Å²) in [4.78, 5) is 7.73. The number of hydrogen-bond acceptors (Lipinski definition) is 4. The van der Waals surface area contributed by atoms with Crippen molar-refractivity contribution in [1.29, 1.82) is 0 Å². The zero-order chi connectivity index (χ0) is 15.1. The van der Waals surface area contributed by atoms with Crippen molar-refractivity contribution in [3.8, 4) is 0 Å². The Kier molecular flexibility index (Phi) is 3.38. The second kappa shape index (κ2) is 5.09.